The number of piperidine rings is 1. The lowest BCUT2D eigenvalue weighted by Gasteiger charge is -2.63. The number of rotatable bonds is 4. The number of urea groups is 1. The smallest absolute Gasteiger partial charge is 0.327 e. The number of aryl methyl sites for hydroxylation is 1. The molecule has 180 valence electrons. The number of likely N-dealkylation sites (tertiary alicyclic amines) is 1. The quantitative estimate of drug-likeness (QED) is 0.674. The molecule has 1 aromatic rings. The fourth-order valence-corrected chi connectivity index (χ4v) is 6.88. The molecule has 2 unspecified atom stereocenters. The van der Waals surface area contributed by atoms with Crippen LogP contribution in [0.4, 0.5) is 4.79 Å². The van der Waals surface area contributed by atoms with Crippen molar-refractivity contribution in [1.82, 2.24) is 14.7 Å². The summed E-state index contributed by atoms with van der Waals surface area (Å²) in [4.78, 5) is 44.2. The highest BCUT2D eigenvalue weighted by molar-refractivity contribution is 6.07. The second-order valence-electron chi connectivity index (χ2n) is 10.1. The molecule has 2 heterocycles. The Morgan fingerprint density at radius 2 is 1.88 bits per heavy atom. The Bertz CT molecular complexity index is 1010. The van der Waals surface area contributed by atoms with Gasteiger partial charge in [-0.05, 0) is 90.2 Å². The molecule has 4 rings (SSSR count). The number of benzene rings is 1. The predicted molar refractivity (Wildman–Crippen MR) is 125 cm³/mol. The third kappa shape index (κ3) is 2.99. The molecule has 2 saturated heterocycles. The summed E-state index contributed by atoms with van der Waals surface area (Å²) >= 11 is 0. The van der Waals surface area contributed by atoms with Gasteiger partial charge in [0.1, 0.15) is 5.54 Å². The van der Waals surface area contributed by atoms with Gasteiger partial charge in [-0.15, -0.1) is 0 Å². The van der Waals surface area contributed by atoms with Crippen LogP contribution < -0.4 is 5.73 Å². The van der Waals surface area contributed by atoms with Crippen molar-refractivity contribution >= 4 is 17.8 Å². The monoisotopic (exact) mass is 456 g/mol. The van der Waals surface area contributed by atoms with Gasteiger partial charge < -0.3 is 20.6 Å². The molecule has 0 radical (unpaired) electrons. The number of likely N-dealkylation sites (N-methyl/N-ethyl adjacent to an activating group) is 3. The van der Waals surface area contributed by atoms with Crippen LogP contribution in [0.15, 0.2) is 18.2 Å². The topological polar surface area (TPSA) is 107 Å². The van der Waals surface area contributed by atoms with Crippen LogP contribution in [0, 0.1) is 6.92 Å². The fourth-order valence-electron chi connectivity index (χ4n) is 6.88. The molecule has 4 atom stereocenters. The molecular weight excluding hydrogens is 420 g/mol. The lowest BCUT2D eigenvalue weighted by atomic mass is 9.49. The van der Waals surface area contributed by atoms with Gasteiger partial charge >= 0.3 is 6.03 Å². The van der Waals surface area contributed by atoms with Crippen LogP contribution in [-0.2, 0) is 10.2 Å². The molecule has 2 aliphatic heterocycles. The Morgan fingerprint density at radius 1 is 1.18 bits per heavy atom. The highest BCUT2D eigenvalue weighted by atomic mass is 16.3. The van der Waals surface area contributed by atoms with Gasteiger partial charge in [-0.25, -0.2) is 4.79 Å². The van der Waals surface area contributed by atoms with Crippen molar-refractivity contribution in [3.63, 3.8) is 0 Å². The third-order valence-corrected chi connectivity index (χ3v) is 8.88. The zero-order chi connectivity index (χ0) is 24.3. The van der Waals surface area contributed by atoms with Crippen molar-refractivity contribution in [3.05, 3.63) is 34.9 Å². The summed E-state index contributed by atoms with van der Waals surface area (Å²) in [7, 11) is 2.00. The van der Waals surface area contributed by atoms with Crippen molar-refractivity contribution in [3.8, 4) is 0 Å². The Balaban J connectivity index is 1.96. The van der Waals surface area contributed by atoms with Gasteiger partial charge in [0.2, 0.25) is 5.91 Å². The Labute approximate surface area is 195 Å². The van der Waals surface area contributed by atoms with Gasteiger partial charge in [0.25, 0.3) is 5.91 Å². The summed E-state index contributed by atoms with van der Waals surface area (Å²) < 4.78 is 0. The second kappa shape index (κ2) is 7.81. The first-order valence-electron chi connectivity index (χ1n) is 12.0. The van der Waals surface area contributed by atoms with E-state index in [4.69, 9.17) is 5.73 Å². The Hall–Kier alpha value is -2.45. The average molecular weight is 457 g/mol. The molecular formula is C25H36N4O4. The van der Waals surface area contributed by atoms with Crippen LogP contribution in [0.5, 0.6) is 0 Å². The van der Waals surface area contributed by atoms with Crippen LogP contribution in [0.1, 0.15) is 67.9 Å². The number of fused-ring (bicyclic) bond motifs is 1. The summed E-state index contributed by atoms with van der Waals surface area (Å²) in [6.07, 6.45) is 1.73. The minimum absolute atomic E-state index is 0.162. The van der Waals surface area contributed by atoms with Gasteiger partial charge in [-0.1, -0.05) is 6.07 Å². The Morgan fingerprint density at radius 3 is 2.48 bits per heavy atom. The van der Waals surface area contributed by atoms with E-state index < -0.39 is 22.5 Å². The van der Waals surface area contributed by atoms with Gasteiger partial charge in [0.05, 0.1) is 5.60 Å². The average Bonchev–Trinajstić information content (AvgIpc) is 2.97. The molecule has 8 nitrogen and oxygen atoms in total. The third-order valence-electron chi connectivity index (χ3n) is 8.88. The van der Waals surface area contributed by atoms with E-state index in [-0.39, 0.29) is 18.0 Å². The molecule has 1 aliphatic carbocycles. The highest BCUT2D eigenvalue weighted by Gasteiger charge is 2.69. The molecule has 33 heavy (non-hydrogen) atoms. The number of aliphatic hydroxyl groups is 1. The highest BCUT2D eigenvalue weighted by Crippen LogP contribution is 2.59. The summed E-state index contributed by atoms with van der Waals surface area (Å²) in [6.45, 7) is 9.18. The molecule has 1 spiro atoms. The number of nitrogens with two attached hydrogens (primary N) is 1. The molecule has 0 aromatic heterocycles. The zero-order valence-corrected chi connectivity index (χ0v) is 20.4. The fraction of sp³-hybridized carbons (Fsp3) is 0.640. The van der Waals surface area contributed by atoms with Crippen LogP contribution in [0.25, 0.3) is 0 Å². The Kier molecular flexibility index (Phi) is 5.61. The first kappa shape index (κ1) is 23.7. The molecule has 3 fully saturated rings. The molecule has 4 amide bonds. The second-order valence-corrected chi connectivity index (χ2v) is 10.1. The first-order chi connectivity index (χ1) is 15.5. The molecule has 3 aliphatic rings. The lowest BCUT2D eigenvalue weighted by Crippen LogP contribution is -2.73. The standard InChI is InChI=1S/C25H36N4O4/c1-6-28-21(31)24(29(7-2)22(28)32)10-11-25(33)17(4)27(5)13-12-23(25,15-24)19-14-18(20(26)30)9-8-16(19)3/h8-9,14,17,33H,6-7,10-13,15H2,1-5H3,(H2,26,30)/t17?,23-,24+,25?/m1/s1. The van der Waals surface area contributed by atoms with E-state index in [0.29, 0.717) is 44.3 Å². The number of hydrogen-bond donors (Lipinski definition) is 2. The summed E-state index contributed by atoms with van der Waals surface area (Å²) in [6, 6.07) is 4.95. The van der Waals surface area contributed by atoms with Crippen molar-refractivity contribution in [1.29, 1.82) is 0 Å². The number of imide groups is 1. The van der Waals surface area contributed by atoms with Crippen molar-refractivity contribution in [2.45, 2.75) is 76.0 Å². The van der Waals surface area contributed by atoms with E-state index in [9.17, 15) is 19.5 Å². The van der Waals surface area contributed by atoms with Crippen LogP contribution in [-0.4, -0.2) is 81.5 Å². The van der Waals surface area contributed by atoms with Gasteiger partial charge in [0, 0.05) is 30.1 Å². The minimum Gasteiger partial charge on any atom is -0.387 e. The van der Waals surface area contributed by atoms with Crippen molar-refractivity contribution in [2.75, 3.05) is 26.7 Å². The summed E-state index contributed by atoms with van der Waals surface area (Å²) in [5.41, 5.74) is 4.87. The van der Waals surface area contributed by atoms with Crippen LogP contribution in [0.3, 0.4) is 0 Å². The first-order valence-corrected chi connectivity index (χ1v) is 12.0. The summed E-state index contributed by atoms with van der Waals surface area (Å²) in [5.74, 6) is -0.698. The van der Waals surface area contributed by atoms with E-state index >= 15 is 0 Å². The molecule has 1 saturated carbocycles. The van der Waals surface area contributed by atoms with Gasteiger partial charge in [-0.2, -0.15) is 0 Å². The number of nitrogens with zero attached hydrogens (tertiary/aromatic N) is 3. The van der Waals surface area contributed by atoms with Crippen LogP contribution >= 0.6 is 0 Å². The lowest BCUT2D eigenvalue weighted by molar-refractivity contribution is -0.176. The molecule has 1 aromatic carbocycles. The van der Waals surface area contributed by atoms with E-state index in [1.165, 1.54) is 4.90 Å². The number of carbonyl (C=O) groups is 3. The maximum absolute atomic E-state index is 13.7. The van der Waals surface area contributed by atoms with E-state index in [2.05, 4.69) is 4.90 Å². The number of hydrogen-bond acceptors (Lipinski definition) is 5. The zero-order valence-electron chi connectivity index (χ0n) is 20.4. The largest absolute Gasteiger partial charge is 0.387 e. The van der Waals surface area contributed by atoms with E-state index in [0.717, 1.165) is 17.7 Å². The number of carbonyl (C=O) groups excluding carboxylic acids is 3. The van der Waals surface area contributed by atoms with Crippen LogP contribution in [0.2, 0.25) is 0 Å². The SMILES string of the molecule is CCN1C(=O)N(CC)[C@]2(CCC3(O)C(C)N(C)CC[C@]3(c3cc(C(N)=O)ccc3C)C2)C1=O. The van der Waals surface area contributed by atoms with Crippen molar-refractivity contribution in [2.24, 2.45) is 5.73 Å². The normalized spacial score (nSPS) is 34.8. The molecule has 3 N–H and O–H groups in total. The molecule has 0 bridgehead atoms. The van der Waals surface area contributed by atoms with E-state index in [1.807, 2.05) is 40.8 Å². The number of amides is 4. The molecule has 8 heteroatoms. The van der Waals surface area contributed by atoms with Gasteiger partial charge in [-0.3, -0.25) is 14.5 Å². The number of primary amides is 1. The van der Waals surface area contributed by atoms with Gasteiger partial charge in [0.15, 0.2) is 0 Å². The van der Waals surface area contributed by atoms with E-state index in [1.54, 1.807) is 17.0 Å². The maximum atomic E-state index is 13.7. The summed E-state index contributed by atoms with van der Waals surface area (Å²) in [5, 5.41) is 12.4. The minimum atomic E-state index is -1.13. The van der Waals surface area contributed by atoms with Crippen molar-refractivity contribution < 1.29 is 19.5 Å². The predicted octanol–water partition coefficient (Wildman–Crippen LogP) is 2.01. The maximum Gasteiger partial charge on any atom is 0.327 e.